The number of ether oxygens (including phenoxy) is 1. The van der Waals surface area contributed by atoms with Gasteiger partial charge in [-0.1, -0.05) is 0 Å². The van der Waals surface area contributed by atoms with E-state index in [-0.39, 0.29) is 30.4 Å². The highest BCUT2D eigenvalue weighted by Crippen LogP contribution is 2.57. The molecule has 4 aromatic rings. The number of nitrogens with two attached hydrogens (primary N) is 1. The molecule has 0 aliphatic carbocycles. The Balaban J connectivity index is 1.23. The lowest BCUT2D eigenvalue weighted by Gasteiger charge is -2.30. The summed E-state index contributed by atoms with van der Waals surface area (Å²) in [6.07, 6.45) is -1.37. The summed E-state index contributed by atoms with van der Waals surface area (Å²) in [4.78, 5) is 24.2. The fraction of sp³-hybridized carbons (Fsp3) is 0.300. The standard InChI is InChI=1S/C20H17BrN5O9P/c21-10-2-9-8(1-14(28)33-12(9)3-11(10)27)4-31-36(30)32-5-13-17(35-36)16(29)20(34-13)26-7-25-15-18(22)23-6-24-19(15)26/h1-3,6-7,13,16-17,20,27,29H,4-5H2,(H2,22,23,24)/t13-,16?,17?,20-,36?/m1/s1. The number of aromatic hydroxyl groups is 1. The fourth-order valence-corrected chi connectivity index (χ4v) is 5.91. The number of phenolic OH excluding ortho intramolecular Hbond substituents is 1. The summed E-state index contributed by atoms with van der Waals surface area (Å²) in [6.45, 7) is -0.521. The summed E-state index contributed by atoms with van der Waals surface area (Å²) in [6, 6.07) is 3.98. The van der Waals surface area contributed by atoms with Gasteiger partial charge in [0.15, 0.2) is 17.7 Å². The molecule has 36 heavy (non-hydrogen) atoms. The molecule has 188 valence electrons. The van der Waals surface area contributed by atoms with E-state index < -0.39 is 38.0 Å². The Morgan fingerprint density at radius 1 is 1.28 bits per heavy atom. The molecular formula is C20H17BrN5O9P. The molecule has 2 aliphatic heterocycles. The summed E-state index contributed by atoms with van der Waals surface area (Å²) >= 11 is 3.21. The van der Waals surface area contributed by atoms with Crippen molar-refractivity contribution in [2.75, 3.05) is 12.3 Å². The molecule has 3 unspecified atom stereocenters. The van der Waals surface area contributed by atoms with Gasteiger partial charge in [0.2, 0.25) is 0 Å². The first kappa shape index (κ1) is 23.5. The number of rotatable bonds is 4. The SMILES string of the molecule is Nc1ncnc2c1ncn2[C@@H]1O[C@@H]2COP(=O)(OCc3cc(=O)oc4cc(O)c(Br)cc34)OC2C1O. The van der Waals surface area contributed by atoms with Gasteiger partial charge in [0, 0.05) is 17.5 Å². The number of hydrogen-bond acceptors (Lipinski definition) is 13. The molecule has 2 fully saturated rings. The first-order valence-electron chi connectivity index (χ1n) is 10.5. The van der Waals surface area contributed by atoms with Gasteiger partial charge in [-0.2, -0.15) is 0 Å². The van der Waals surface area contributed by atoms with Crippen LogP contribution < -0.4 is 11.4 Å². The van der Waals surface area contributed by atoms with Crippen LogP contribution in [0.25, 0.3) is 22.1 Å². The van der Waals surface area contributed by atoms with E-state index in [1.165, 1.54) is 35.4 Å². The van der Waals surface area contributed by atoms with Crippen molar-refractivity contribution >= 4 is 51.7 Å². The molecule has 14 nitrogen and oxygen atoms in total. The summed E-state index contributed by atoms with van der Waals surface area (Å²) in [5.41, 5.74) is 6.27. The van der Waals surface area contributed by atoms with E-state index in [1.54, 1.807) is 0 Å². The number of fused-ring (bicyclic) bond motifs is 3. The van der Waals surface area contributed by atoms with E-state index in [2.05, 4.69) is 30.9 Å². The average Bonchev–Trinajstić information content (AvgIpc) is 3.40. The monoisotopic (exact) mass is 581 g/mol. The van der Waals surface area contributed by atoms with Crippen molar-refractivity contribution in [2.45, 2.75) is 31.1 Å². The van der Waals surface area contributed by atoms with Crippen LogP contribution in [0.15, 0.2) is 44.5 Å². The molecule has 5 heterocycles. The minimum absolute atomic E-state index is 0.116. The van der Waals surface area contributed by atoms with Crippen LogP contribution in [0.5, 0.6) is 5.75 Å². The van der Waals surface area contributed by atoms with E-state index in [4.69, 9.17) is 28.5 Å². The third kappa shape index (κ3) is 3.89. The topological polar surface area (TPSA) is 194 Å². The molecule has 0 amide bonds. The predicted molar refractivity (Wildman–Crippen MR) is 125 cm³/mol. The molecule has 4 N–H and O–H groups in total. The molecule has 0 saturated carbocycles. The van der Waals surface area contributed by atoms with Crippen molar-refractivity contribution in [2.24, 2.45) is 0 Å². The smallest absolute Gasteiger partial charge is 0.475 e. The van der Waals surface area contributed by atoms with Crippen molar-refractivity contribution in [1.82, 2.24) is 19.5 Å². The highest BCUT2D eigenvalue weighted by Gasteiger charge is 2.53. The number of halogens is 1. The molecule has 6 rings (SSSR count). The summed E-state index contributed by atoms with van der Waals surface area (Å²) in [5, 5.41) is 21.3. The maximum absolute atomic E-state index is 13.2. The molecule has 2 aliphatic rings. The highest BCUT2D eigenvalue weighted by molar-refractivity contribution is 9.10. The van der Waals surface area contributed by atoms with E-state index in [0.717, 1.165) is 0 Å². The van der Waals surface area contributed by atoms with Crippen LogP contribution >= 0.6 is 23.8 Å². The van der Waals surface area contributed by atoms with Crippen LogP contribution in [0.4, 0.5) is 5.82 Å². The molecule has 0 bridgehead atoms. The maximum atomic E-state index is 13.2. The van der Waals surface area contributed by atoms with Crippen LogP contribution in [-0.4, -0.2) is 54.7 Å². The highest BCUT2D eigenvalue weighted by atomic mass is 79.9. The van der Waals surface area contributed by atoms with Gasteiger partial charge in [0.25, 0.3) is 0 Å². The van der Waals surface area contributed by atoms with Gasteiger partial charge < -0.3 is 25.1 Å². The number of nitrogen functional groups attached to an aromatic ring is 1. The van der Waals surface area contributed by atoms with Crippen molar-refractivity contribution in [1.29, 1.82) is 0 Å². The van der Waals surface area contributed by atoms with Gasteiger partial charge >= 0.3 is 13.4 Å². The van der Waals surface area contributed by atoms with Crippen LogP contribution in [-0.2, 0) is 29.5 Å². The predicted octanol–water partition coefficient (Wildman–Crippen LogP) is 1.98. The third-order valence-corrected chi connectivity index (χ3v) is 7.94. The van der Waals surface area contributed by atoms with Crippen LogP contribution in [0.3, 0.4) is 0 Å². The number of benzene rings is 1. The Morgan fingerprint density at radius 3 is 2.94 bits per heavy atom. The first-order valence-corrected chi connectivity index (χ1v) is 12.8. The van der Waals surface area contributed by atoms with Crippen LogP contribution in [0, 0.1) is 0 Å². The second-order valence-corrected chi connectivity index (χ2v) is 10.6. The van der Waals surface area contributed by atoms with Crippen molar-refractivity contribution in [3.8, 4) is 5.75 Å². The third-order valence-electron chi connectivity index (χ3n) is 5.89. The summed E-state index contributed by atoms with van der Waals surface area (Å²) in [5.74, 6) is 0.0527. The van der Waals surface area contributed by atoms with Gasteiger partial charge in [-0.3, -0.25) is 18.1 Å². The van der Waals surface area contributed by atoms with Crippen LogP contribution in [0.1, 0.15) is 11.8 Å². The Kier molecular flexibility index (Phi) is 5.60. The zero-order valence-corrected chi connectivity index (χ0v) is 20.5. The zero-order valence-electron chi connectivity index (χ0n) is 18.1. The first-order chi connectivity index (χ1) is 17.2. The Morgan fingerprint density at radius 2 is 2.11 bits per heavy atom. The number of aliphatic hydroxyl groups is 1. The molecule has 2 saturated heterocycles. The fourth-order valence-electron chi connectivity index (χ4n) is 4.19. The minimum Gasteiger partial charge on any atom is -0.507 e. The number of phosphoric acid groups is 1. The average molecular weight is 582 g/mol. The van der Waals surface area contributed by atoms with E-state index in [0.29, 0.717) is 26.6 Å². The molecule has 0 spiro atoms. The number of aliphatic hydroxyl groups excluding tert-OH is 1. The van der Waals surface area contributed by atoms with Gasteiger partial charge in [0.05, 0.1) is 24.0 Å². The normalized spacial score (nSPS) is 28.1. The van der Waals surface area contributed by atoms with Gasteiger partial charge in [-0.05, 0) is 27.6 Å². The van der Waals surface area contributed by atoms with Crippen molar-refractivity contribution < 1.29 is 37.5 Å². The lowest BCUT2D eigenvalue weighted by atomic mass is 10.1. The largest absolute Gasteiger partial charge is 0.507 e. The number of hydrogen-bond donors (Lipinski definition) is 3. The molecule has 16 heteroatoms. The summed E-state index contributed by atoms with van der Waals surface area (Å²) < 4.78 is 42.5. The lowest BCUT2D eigenvalue weighted by molar-refractivity contribution is -0.0714. The quantitative estimate of drug-likeness (QED) is 0.234. The van der Waals surface area contributed by atoms with E-state index in [1.807, 2.05) is 0 Å². The van der Waals surface area contributed by atoms with E-state index in [9.17, 15) is 19.6 Å². The summed E-state index contributed by atoms with van der Waals surface area (Å²) in [7, 11) is -4.16. The second-order valence-electron chi connectivity index (χ2n) is 8.12. The van der Waals surface area contributed by atoms with Gasteiger partial charge in [-0.15, -0.1) is 0 Å². The Hall–Kier alpha value is -2.91. The lowest BCUT2D eigenvalue weighted by Crippen LogP contribution is -2.39. The Labute approximate surface area is 209 Å². The number of phosphoric ester groups is 1. The van der Waals surface area contributed by atoms with Crippen LogP contribution in [0.2, 0.25) is 0 Å². The molecule has 0 radical (unpaired) electrons. The number of nitrogens with zero attached hydrogens (tertiary/aromatic N) is 4. The number of imidazole rings is 1. The maximum Gasteiger partial charge on any atom is 0.475 e. The van der Waals surface area contributed by atoms with Crippen molar-refractivity contribution in [3.63, 3.8) is 0 Å². The molecule has 3 aromatic heterocycles. The second kappa shape index (κ2) is 8.59. The molecular weight excluding hydrogens is 565 g/mol. The number of phenols is 1. The van der Waals surface area contributed by atoms with E-state index >= 15 is 0 Å². The van der Waals surface area contributed by atoms with Crippen molar-refractivity contribution in [3.05, 3.63) is 51.3 Å². The number of anilines is 1. The molecule has 1 aromatic carbocycles. The Bertz CT molecular complexity index is 1610. The van der Waals surface area contributed by atoms with Gasteiger partial charge in [0.1, 0.15) is 41.5 Å². The minimum atomic E-state index is -4.16. The van der Waals surface area contributed by atoms with Gasteiger partial charge in [-0.25, -0.2) is 24.3 Å². The zero-order chi connectivity index (χ0) is 25.2. The molecule has 5 atom stereocenters. The number of aromatic nitrogens is 4.